The van der Waals surface area contributed by atoms with E-state index in [9.17, 15) is 65.8 Å². The minimum atomic E-state index is -2.31. The van der Waals surface area contributed by atoms with Crippen LogP contribution in [0, 0.1) is 17.3 Å². The predicted molar refractivity (Wildman–Crippen MR) is 259 cm³/mol. The van der Waals surface area contributed by atoms with Gasteiger partial charge < -0.3 is 86.2 Å². The number of nitrogens with one attached hydrogen (secondary N) is 1. The summed E-state index contributed by atoms with van der Waals surface area (Å²) in [4.78, 5) is 26.6. The van der Waals surface area contributed by atoms with E-state index in [1.807, 2.05) is 37.3 Å². The van der Waals surface area contributed by atoms with Crippen molar-refractivity contribution in [2.45, 2.75) is 190 Å². The Morgan fingerprint density at radius 3 is 1.91 bits per heavy atom. The van der Waals surface area contributed by atoms with Gasteiger partial charge in [0.25, 0.3) is 0 Å². The quantitative estimate of drug-likeness (QED) is 0.167. The topological polar surface area (TPSA) is 332 Å². The molecule has 0 aliphatic carbocycles. The summed E-state index contributed by atoms with van der Waals surface area (Å²) in [6.07, 6.45) is 5.16. The number of hydrogen-bond donors (Lipinski definition) is 13. The maximum Gasteiger partial charge on any atom is 0.308 e. The number of nitrogens with two attached hydrogens (primary N) is 1. The number of allylic oxidation sites excluding steroid dienone is 12. The smallest absolute Gasteiger partial charge is 0.308 e. The van der Waals surface area contributed by atoms with E-state index in [0.717, 1.165) is 0 Å². The van der Waals surface area contributed by atoms with Crippen LogP contribution in [0.15, 0.2) is 85.1 Å². The number of fused-ring (bicyclic) bond motifs is 2. The fourth-order valence-electron chi connectivity index (χ4n) is 8.31. The standard InChI is InChI=1S/C51H82N2O17/c1-31-18-16-14-12-10-8-6-7-9-11-13-15-17-19-36(69-49-47(64)46(52)41(62)30-67-49)26-42-45(48(65)53-43(29-54)50(3,4)5)40(61)28-51(66,70-42)27-35(57)24-39(60)37(58)21-20-33(55)23-34(56)25-44(63)68-32(2)22-38(31)59/h6-19,31-43,45-47,49,54-62,64,66H,20-30,52H2,1-5H3,(H,53,65)/b7-6+,10-8+,11-9+,14-12+,15-13+,18-16+,19-17+/t31-,32-,33?,34?,35?,36-,37?,38-,39?,40-,41+,42-,43+,45+,46-,47-,49-,51+/m0/s1. The first-order valence-electron chi connectivity index (χ1n) is 24.3. The van der Waals surface area contributed by atoms with Crippen LogP contribution in [0.2, 0.25) is 0 Å². The highest BCUT2D eigenvalue weighted by atomic mass is 16.7. The second-order valence-corrected chi connectivity index (χ2v) is 20.0. The summed E-state index contributed by atoms with van der Waals surface area (Å²) in [5.41, 5.74) is 5.41. The van der Waals surface area contributed by atoms with E-state index in [4.69, 9.17) is 24.7 Å². The van der Waals surface area contributed by atoms with Gasteiger partial charge in [-0.05, 0) is 31.6 Å². The molecular formula is C51H82N2O17. The molecule has 0 spiro atoms. The molecule has 2 bridgehead atoms. The van der Waals surface area contributed by atoms with Crippen molar-refractivity contribution in [3.63, 3.8) is 0 Å². The van der Waals surface area contributed by atoms with Crippen molar-refractivity contribution in [2.24, 2.45) is 23.0 Å². The van der Waals surface area contributed by atoms with Gasteiger partial charge in [0.1, 0.15) is 12.2 Å². The number of cyclic esters (lactones) is 1. The maximum atomic E-state index is 14.0. The maximum absolute atomic E-state index is 14.0. The zero-order valence-electron chi connectivity index (χ0n) is 41.1. The van der Waals surface area contributed by atoms with Gasteiger partial charge in [0, 0.05) is 38.0 Å². The number of aliphatic hydroxyl groups is 11. The fraction of sp³-hybridized carbons (Fsp3) is 0.686. The Morgan fingerprint density at radius 2 is 1.33 bits per heavy atom. The van der Waals surface area contributed by atoms with E-state index in [1.54, 1.807) is 82.4 Å². The van der Waals surface area contributed by atoms with Crippen LogP contribution in [0.5, 0.6) is 0 Å². The van der Waals surface area contributed by atoms with Gasteiger partial charge in [-0.15, -0.1) is 0 Å². The van der Waals surface area contributed by atoms with Crippen LogP contribution >= 0.6 is 0 Å². The lowest BCUT2D eigenvalue weighted by Gasteiger charge is -2.46. The van der Waals surface area contributed by atoms with Gasteiger partial charge in [0.2, 0.25) is 5.91 Å². The van der Waals surface area contributed by atoms with Crippen molar-refractivity contribution in [3.8, 4) is 0 Å². The second-order valence-electron chi connectivity index (χ2n) is 20.0. The molecule has 70 heavy (non-hydrogen) atoms. The summed E-state index contributed by atoms with van der Waals surface area (Å²) in [5.74, 6) is -5.39. The van der Waals surface area contributed by atoms with Crippen LogP contribution in [0.3, 0.4) is 0 Å². The highest BCUT2D eigenvalue weighted by Gasteiger charge is 2.51. The molecule has 3 aliphatic rings. The number of esters is 1. The van der Waals surface area contributed by atoms with Crippen LogP contribution in [0.25, 0.3) is 0 Å². The molecule has 3 aliphatic heterocycles. The third kappa shape index (κ3) is 21.3. The first kappa shape index (κ1) is 60.8. The average molecular weight is 995 g/mol. The largest absolute Gasteiger partial charge is 0.462 e. The molecule has 0 aromatic carbocycles. The van der Waals surface area contributed by atoms with E-state index in [0.29, 0.717) is 0 Å². The first-order valence-corrected chi connectivity index (χ1v) is 24.3. The summed E-state index contributed by atoms with van der Waals surface area (Å²) in [6.45, 7) is 8.16. The van der Waals surface area contributed by atoms with Crippen molar-refractivity contribution in [1.29, 1.82) is 0 Å². The molecule has 0 radical (unpaired) electrons. The number of carbonyl (C=O) groups is 2. The molecule has 19 nitrogen and oxygen atoms in total. The van der Waals surface area contributed by atoms with Crippen LogP contribution in [0.4, 0.5) is 0 Å². The second kappa shape index (κ2) is 29.9. The molecule has 2 saturated heterocycles. The Balaban J connectivity index is 1.94. The molecule has 2 fully saturated rings. The number of amides is 1. The lowest BCUT2D eigenvalue weighted by molar-refractivity contribution is -0.304. The Bertz CT molecular complexity index is 1780. The van der Waals surface area contributed by atoms with E-state index in [-0.39, 0.29) is 44.6 Å². The lowest BCUT2D eigenvalue weighted by atomic mass is 9.81. The number of carbonyl (C=O) groups excluding carboxylic acids is 2. The van der Waals surface area contributed by atoms with Crippen molar-refractivity contribution in [3.05, 3.63) is 85.1 Å². The molecule has 19 heteroatoms. The molecule has 0 aromatic rings. The zero-order chi connectivity index (χ0) is 52.2. The zero-order valence-corrected chi connectivity index (χ0v) is 41.1. The SMILES string of the molecule is C[C@H]1C[C@H](O)[C@@H](C)/C=C/C=C/C=C/C=C/C=C/C=C/C=C/[C@H](O[C@@H]2OC[C@@H](O)[C@H](N)[C@@H]2O)C[C@@H]2O[C@](O)(CC(O)CC(O)C(O)CCC(O)CC(O)CC(=O)O1)C[C@H](O)[C@H]2C(=O)N[C@H](CO)C(C)(C)C. The monoisotopic (exact) mass is 995 g/mol. The average Bonchev–Trinajstić information content (AvgIpc) is 3.25. The normalized spacial score (nSPS) is 41.6. The number of hydrogen-bond acceptors (Lipinski definition) is 18. The van der Waals surface area contributed by atoms with Crippen LogP contribution < -0.4 is 11.1 Å². The van der Waals surface area contributed by atoms with Crippen LogP contribution in [-0.2, 0) is 28.5 Å². The third-order valence-corrected chi connectivity index (χ3v) is 12.6. The van der Waals surface area contributed by atoms with Crippen molar-refractivity contribution < 1.29 is 84.7 Å². The highest BCUT2D eigenvalue weighted by Crippen LogP contribution is 2.38. The van der Waals surface area contributed by atoms with Gasteiger partial charge in [0.15, 0.2) is 12.1 Å². The summed E-state index contributed by atoms with van der Waals surface area (Å²) < 4.78 is 23.4. The molecule has 398 valence electrons. The van der Waals surface area contributed by atoms with Crippen molar-refractivity contribution in [2.75, 3.05) is 13.2 Å². The summed E-state index contributed by atoms with van der Waals surface area (Å²) >= 11 is 0. The van der Waals surface area contributed by atoms with Gasteiger partial charge >= 0.3 is 5.97 Å². The Morgan fingerprint density at radius 1 is 0.743 bits per heavy atom. The number of ether oxygens (including phenoxy) is 4. The summed E-state index contributed by atoms with van der Waals surface area (Å²) in [7, 11) is 0. The highest BCUT2D eigenvalue weighted by molar-refractivity contribution is 5.80. The van der Waals surface area contributed by atoms with Crippen molar-refractivity contribution >= 4 is 11.9 Å². The van der Waals surface area contributed by atoms with Gasteiger partial charge in [-0.25, -0.2) is 0 Å². The Kier molecular flexibility index (Phi) is 26.0. The molecule has 3 heterocycles. The van der Waals surface area contributed by atoms with E-state index < -0.39 is 153 Å². The summed E-state index contributed by atoms with van der Waals surface area (Å²) in [6, 6.07) is -1.89. The minimum absolute atomic E-state index is 0.104. The van der Waals surface area contributed by atoms with Crippen LogP contribution in [0.1, 0.15) is 92.4 Å². The minimum Gasteiger partial charge on any atom is -0.462 e. The predicted octanol–water partition coefficient (Wildman–Crippen LogP) is 0.516. The molecule has 0 saturated carbocycles. The fourth-order valence-corrected chi connectivity index (χ4v) is 8.31. The molecule has 1 amide bonds. The van der Waals surface area contributed by atoms with Gasteiger partial charge in [0.05, 0.1) is 98.7 Å². The van der Waals surface area contributed by atoms with Gasteiger partial charge in [-0.3, -0.25) is 9.59 Å². The summed E-state index contributed by atoms with van der Waals surface area (Å²) in [5, 5.41) is 122. The molecular weight excluding hydrogens is 913 g/mol. The Labute approximate surface area is 412 Å². The van der Waals surface area contributed by atoms with Crippen LogP contribution in [-0.4, -0.2) is 179 Å². The Hall–Kier alpha value is -3.48. The third-order valence-electron chi connectivity index (χ3n) is 12.6. The van der Waals surface area contributed by atoms with E-state index in [1.165, 1.54) is 0 Å². The lowest BCUT2D eigenvalue weighted by Crippen LogP contribution is -2.60. The molecule has 0 aromatic heterocycles. The molecule has 5 unspecified atom stereocenters. The molecule has 3 rings (SSSR count). The molecule has 14 N–H and O–H groups in total. The van der Waals surface area contributed by atoms with Gasteiger partial charge in [-0.2, -0.15) is 0 Å². The number of aliphatic hydroxyl groups excluding tert-OH is 10. The van der Waals surface area contributed by atoms with E-state index >= 15 is 0 Å². The van der Waals surface area contributed by atoms with Gasteiger partial charge in [-0.1, -0.05) is 113 Å². The first-order chi connectivity index (χ1) is 32.9. The number of rotatable bonds is 5. The molecule has 18 atom stereocenters. The van der Waals surface area contributed by atoms with Crippen molar-refractivity contribution in [1.82, 2.24) is 5.32 Å². The van der Waals surface area contributed by atoms with E-state index in [2.05, 4.69) is 5.32 Å².